The van der Waals surface area contributed by atoms with Gasteiger partial charge in [0.2, 0.25) is 0 Å². The van der Waals surface area contributed by atoms with Crippen LogP contribution in [0.15, 0.2) is 0 Å². The molecule has 0 heterocycles. The fourth-order valence-corrected chi connectivity index (χ4v) is 3.10. The second kappa shape index (κ2) is 5.34. The zero-order valence-electron chi connectivity index (χ0n) is 10.5. The third-order valence-electron chi connectivity index (χ3n) is 4.33. The van der Waals surface area contributed by atoms with Crippen LogP contribution in [-0.4, -0.2) is 12.1 Å². The van der Waals surface area contributed by atoms with E-state index in [0.29, 0.717) is 0 Å². The number of rotatable bonds is 5. The fourth-order valence-electron chi connectivity index (χ4n) is 3.10. The maximum Gasteiger partial charge on any atom is 0.00979 e. The quantitative estimate of drug-likeness (QED) is 0.727. The molecule has 1 heteroatoms. The Balaban J connectivity index is 1.81. The Morgan fingerprint density at radius 1 is 1.13 bits per heavy atom. The molecule has 0 saturated heterocycles. The summed E-state index contributed by atoms with van der Waals surface area (Å²) in [7, 11) is 0. The van der Waals surface area contributed by atoms with Gasteiger partial charge in [-0.2, -0.15) is 0 Å². The smallest absolute Gasteiger partial charge is 0.00979 e. The number of hydrogen-bond acceptors (Lipinski definition) is 1. The van der Waals surface area contributed by atoms with Crippen LogP contribution in [-0.2, 0) is 0 Å². The van der Waals surface area contributed by atoms with Crippen LogP contribution >= 0.6 is 0 Å². The van der Waals surface area contributed by atoms with Crippen LogP contribution < -0.4 is 5.32 Å². The first kappa shape index (κ1) is 11.4. The lowest BCUT2D eigenvalue weighted by Crippen LogP contribution is -2.44. The van der Waals surface area contributed by atoms with E-state index in [9.17, 15) is 0 Å². The molecule has 0 aliphatic heterocycles. The largest absolute Gasteiger partial charge is 0.311 e. The molecule has 2 fully saturated rings. The van der Waals surface area contributed by atoms with Crippen molar-refractivity contribution >= 4 is 0 Å². The third kappa shape index (κ3) is 3.21. The lowest BCUT2D eigenvalue weighted by molar-refractivity contribution is 0.243. The maximum atomic E-state index is 3.97. The van der Waals surface area contributed by atoms with Gasteiger partial charge in [0.1, 0.15) is 0 Å². The van der Waals surface area contributed by atoms with Crippen LogP contribution in [0.1, 0.15) is 65.2 Å². The van der Waals surface area contributed by atoms with Crippen molar-refractivity contribution in [3.8, 4) is 0 Å². The van der Waals surface area contributed by atoms with Crippen molar-refractivity contribution in [1.29, 1.82) is 0 Å². The number of nitrogens with one attached hydrogen (secondary N) is 1. The van der Waals surface area contributed by atoms with Gasteiger partial charge in [0.05, 0.1) is 0 Å². The standard InChI is InChI=1S/C14H27N/c1-3-6-14(12-9-10-12)15-13-8-5-4-7-11(13)2/h11-15H,3-10H2,1-2H3. The molecule has 2 aliphatic carbocycles. The van der Waals surface area contributed by atoms with Crippen molar-refractivity contribution in [3.63, 3.8) is 0 Å². The van der Waals surface area contributed by atoms with Crippen LogP contribution in [0, 0.1) is 11.8 Å². The molecule has 2 aliphatic rings. The fraction of sp³-hybridized carbons (Fsp3) is 1.00. The summed E-state index contributed by atoms with van der Waals surface area (Å²) in [4.78, 5) is 0. The van der Waals surface area contributed by atoms with Crippen LogP contribution in [0.2, 0.25) is 0 Å². The summed E-state index contributed by atoms with van der Waals surface area (Å²) in [5.41, 5.74) is 0. The van der Waals surface area contributed by atoms with E-state index in [1.54, 1.807) is 0 Å². The second-order valence-corrected chi connectivity index (χ2v) is 5.77. The first-order chi connectivity index (χ1) is 7.31. The summed E-state index contributed by atoms with van der Waals surface area (Å²) in [6.07, 6.45) is 11.5. The predicted octanol–water partition coefficient (Wildman–Crippen LogP) is 3.73. The van der Waals surface area contributed by atoms with Crippen molar-refractivity contribution in [2.75, 3.05) is 0 Å². The van der Waals surface area contributed by atoms with Crippen LogP contribution in [0.25, 0.3) is 0 Å². The predicted molar refractivity (Wildman–Crippen MR) is 66.0 cm³/mol. The Hall–Kier alpha value is -0.0400. The minimum absolute atomic E-state index is 0.830. The van der Waals surface area contributed by atoms with Gasteiger partial charge in [-0.15, -0.1) is 0 Å². The molecule has 2 saturated carbocycles. The molecule has 3 atom stereocenters. The molecule has 0 aromatic rings. The topological polar surface area (TPSA) is 12.0 Å². The highest BCUT2D eigenvalue weighted by molar-refractivity contribution is 4.90. The van der Waals surface area contributed by atoms with E-state index in [1.165, 1.54) is 51.4 Å². The molecule has 0 radical (unpaired) electrons. The molecule has 2 rings (SSSR count). The SMILES string of the molecule is CCCC(NC1CCCCC1C)C1CC1. The van der Waals surface area contributed by atoms with E-state index >= 15 is 0 Å². The molecule has 1 nitrogen and oxygen atoms in total. The molecule has 0 spiro atoms. The Morgan fingerprint density at radius 2 is 1.87 bits per heavy atom. The van der Waals surface area contributed by atoms with Gasteiger partial charge in [-0.1, -0.05) is 33.1 Å². The highest BCUT2D eigenvalue weighted by atomic mass is 15.0. The van der Waals surface area contributed by atoms with E-state index in [0.717, 1.165) is 23.9 Å². The molecule has 0 aromatic carbocycles. The minimum Gasteiger partial charge on any atom is -0.311 e. The molecule has 0 aromatic heterocycles. The van der Waals surface area contributed by atoms with Gasteiger partial charge < -0.3 is 5.32 Å². The summed E-state index contributed by atoms with van der Waals surface area (Å²) in [6.45, 7) is 4.76. The molecule has 15 heavy (non-hydrogen) atoms. The first-order valence-corrected chi connectivity index (χ1v) is 7.07. The summed E-state index contributed by atoms with van der Waals surface area (Å²) in [5.74, 6) is 1.94. The van der Waals surface area contributed by atoms with E-state index in [-0.39, 0.29) is 0 Å². The van der Waals surface area contributed by atoms with Gasteiger partial charge in [-0.3, -0.25) is 0 Å². The Bertz CT molecular complexity index is 184. The van der Waals surface area contributed by atoms with Crippen molar-refractivity contribution in [2.24, 2.45) is 11.8 Å². The summed E-state index contributed by atoms with van der Waals surface area (Å²) >= 11 is 0. The average molecular weight is 209 g/mol. The lowest BCUT2D eigenvalue weighted by Gasteiger charge is -2.33. The Kier molecular flexibility index (Phi) is 4.07. The van der Waals surface area contributed by atoms with Crippen LogP contribution in [0.4, 0.5) is 0 Å². The van der Waals surface area contributed by atoms with E-state index in [2.05, 4.69) is 19.2 Å². The molecular formula is C14H27N. The molecule has 0 bridgehead atoms. The first-order valence-electron chi connectivity index (χ1n) is 7.07. The molecule has 3 unspecified atom stereocenters. The van der Waals surface area contributed by atoms with Crippen LogP contribution in [0.5, 0.6) is 0 Å². The maximum absolute atomic E-state index is 3.97. The minimum atomic E-state index is 0.830. The van der Waals surface area contributed by atoms with E-state index < -0.39 is 0 Å². The summed E-state index contributed by atoms with van der Waals surface area (Å²) in [6, 6.07) is 1.68. The summed E-state index contributed by atoms with van der Waals surface area (Å²) in [5, 5.41) is 3.97. The zero-order chi connectivity index (χ0) is 10.7. The van der Waals surface area contributed by atoms with Gasteiger partial charge >= 0.3 is 0 Å². The van der Waals surface area contributed by atoms with Crippen LogP contribution in [0.3, 0.4) is 0 Å². The van der Waals surface area contributed by atoms with E-state index in [4.69, 9.17) is 0 Å². The van der Waals surface area contributed by atoms with Gasteiger partial charge in [-0.25, -0.2) is 0 Å². The molecular weight excluding hydrogens is 182 g/mol. The van der Waals surface area contributed by atoms with Crippen molar-refractivity contribution in [2.45, 2.75) is 77.3 Å². The second-order valence-electron chi connectivity index (χ2n) is 5.77. The molecule has 0 amide bonds. The van der Waals surface area contributed by atoms with Crippen molar-refractivity contribution in [3.05, 3.63) is 0 Å². The van der Waals surface area contributed by atoms with Gasteiger partial charge in [0.25, 0.3) is 0 Å². The molecule has 1 N–H and O–H groups in total. The highest BCUT2D eigenvalue weighted by Crippen LogP contribution is 2.36. The molecule has 88 valence electrons. The lowest BCUT2D eigenvalue weighted by atomic mass is 9.85. The van der Waals surface area contributed by atoms with Crippen molar-refractivity contribution < 1.29 is 0 Å². The zero-order valence-corrected chi connectivity index (χ0v) is 10.5. The van der Waals surface area contributed by atoms with Gasteiger partial charge in [-0.05, 0) is 43.9 Å². The average Bonchev–Trinajstić information content (AvgIpc) is 3.04. The summed E-state index contributed by atoms with van der Waals surface area (Å²) < 4.78 is 0. The van der Waals surface area contributed by atoms with Gasteiger partial charge in [0.15, 0.2) is 0 Å². The van der Waals surface area contributed by atoms with Crippen molar-refractivity contribution in [1.82, 2.24) is 5.32 Å². The monoisotopic (exact) mass is 209 g/mol. The highest BCUT2D eigenvalue weighted by Gasteiger charge is 2.33. The normalized spacial score (nSPS) is 34.0. The van der Waals surface area contributed by atoms with Gasteiger partial charge in [0, 0.05) is 12.1 Å². The Morgan fingerprint density at radius 3 is 2.47 bits per heavy atom. The third-order valence-corrected chi connectivity index (χ3v) is 4.33. The van der Waals surface area contributed by atoms with E-state index in [1.807, 2.05) is 0 Å². The number of hydrogen-bond donors (Lipinski definition) is 1. The Labute approximate surface area is 95.0 Å².